The molecule has 0 aromatic heterocycles. The molecule has 0 N–H and O–H groups in total. The normalized spacial score (nSPS) is 10.9. The molecule has 0 aliphatic heterocycles. The average Bonchev–Trinajstić information content (AvgIpc) is 2.60. The molecule has 0 aliphatic rings. The summed E-state index contributed by atoms with van der Waals surface area (Å²) in [7, 11) is 3.19. The maximum atomic E-state index is 12.2. The van der Waals surface area contributed by atoms with Crippen molar-refractivity contribution in [1.29, 1.82) is 0 Å². The fourth-order valence-electron chi connectivity index (χ4n) is 2.16. The Labute approximate surface area is 142 Å². The zero-order valence-corrected chi connectivity index (χ0v) is 14.4. The first-order valence-corrected chi connectivity index (χ1v) is 7.74. The van der Waals surface area contributed by atoms with Crippen molar-refractivity contribution in [1.82, 2.24) is 0 Å². The van der Waals surface area contributed by atoms with Gasteiger partial charge in [0.05, 0.1) is 20.3 Å². The van der Waals surface area contributed by atoms with Crippen LogP contribution in [0.1, 0.15) is 29.8 Å². The van der Waals surface area contributed by atoms with Crippen LogP contribution in [-0.4, -0.2) is 26.1 Å². The SMILES string of the molecule is COc1ccc(C(=O)C=Cc2ccc(OC(C)C)c(OC)c2)cc1. The Morgan fingerprint density at radius 2 is 1.67 bits per heavy atom. The molecule has 2 rings (SSSR count). The molecule has 126 valence electrons. The Morgan fingerprint density at radius 1 is 0.958 bits per heavy atom. The van der Waals surface area contributed by atoms with Crippen LogP contribution in [0.25, 0.3) is 6.08 Å². The van der Waals surface area contributed by atoms with E-state index in [2.05, 4.69) is 0 Å². The molecule has 0 saturated heterocycles. The van der Waals surface area contributed by atoms with Crippen molar-refractivity contribution >= 4 is 11.9 Å². The first-order valence-electron chi connectivity index (χ1n) is 7.74. The fraction of sp³-hybridized carbons (Fsp3) is 0.250. The standard InChI is InChI=1S/C20H22O4/c1-14(2)24-19-12-6-15(13-20(19)23-4)5-11-18(21)16-7-9-17(22-3)10-8-16/h5-14H,1-4H3. The monoisotopic (exact) mass is 326 g/mol. The number of methoxy groups -OCH3 is 2. The maximum Gasteiger partial charge on any atom is 0.185 e. The fourth-order valence-corrected chi connectivity index (χ4v) is 2.16. The van der Waals surface area contributed by atoms with Crippen molar-refractivity contribution in [2.24, 2.45) is 0 Å². The molecule has 0 radical (unpaired) electrons. The molecule has 0 aliphatic carbocycles. The summed E-state index contributed by atoms with van der Waals surface area (Å²) in [5.41, 5.74) is 1.48. The van der Waals surface area contributed by atoms with E-state index in [1.807, 2.05) is 32.0 Å². The van der Waals surface area contributed by atoms with E-state index in [9.17, 15) is 4.79 Å². The Balaban J connectivity index is 2.14. The molecule has 0 heterocycles. The highest BCUT2D eigenvalue weighted by Crippen LogP contribution is 2.29. The van der Waals surface area contributed by atoms with Gasteiger partial charge in [-0.05, 0) is 61.9 Å². The first kappa shape index (κ1) is 17.6. The highest BCUT2D eigenvalue weighted by Gasteiger charge is 2.07. The number of ketones is 1. The summed E-state index contributed by atoms with van der Waals surface area (Å²) in [6, 6.07) is 12.6. The minimum Gasteiger partial charge on any atom is -0.497 e. The van der Waals surface area contributed by atoms with Gasteiger partial charge in [0.1, 0.15) is 5.75 Å². The van der Waals surface area contributed by atoms with Crippen LogP contribution >= 0.6 is 0 Å². The van der Waals surface area contributed by atoms with Gasteiger partial charge >= 0.3 is 0 Å². The highest BCUT2D eigenvalue weighted by molar-refractivity contribution is 6.06. The van der Waals surface area contributed by atoms with E-state index in [1.54, 1.807) is 50.6 Å². The van der Waals surface area contributed by atoms with Crippen molar-refractivity contribution < 1.29 is 19.0 Å². The molecule has 0 bridgehead atoms. The summed E-state index contributed by atoms with van der Waals surface area (Å²) >= 11 is 0. The second-order valence-corrected chi connectivity index (χ2v) is 5.50. The van der Waals surface area contributed by atoms with Crippen molar-refractivity contribution in [2.45, 2.75) is 20.0 Å². The second-order valence-electron chi connectivity index (χ2n) is 5.50. The quantitative estimate of drug-likeness (QED) is 0.559. The number of hydrogen-bond donors (Lipinski definition) is 0. The maximum absolute atomic E-state index is 12.2. The van der Waals surface area contributed by atoms with Crippen LogP contribution in [0.2, 0.25) is 0 Å². The molecule has 0 spiro atoms. The molecule has 0 unspecified atom stereocenters. The lowest BCUT2D eigenvalue weighted by atomic mass is 10.1. The summed E-state index contributed by atoms with van der Waals surface area (Å²) in [4.78, 5) is 12.2. The van der Waals surface area contributed by atoms with Crippen molar-refractivity contribution in [2.75, 3.05) is 14.2 Å². The molecular weight excluding hydrogens is 304 g/mol. The average molecular weight is 326 g/mol. The van der Waals surface area contributed by atoms with Crippen LogP contribution in [0.4, 0.5) is 0 Å². The van der Waals surface area contributed by atoms with Crippen molar-refractivity contribution in [3.05, 3.63) is 59.7 Å². The minimum absolute atomic E-state index is 0.0666. The third kappa shape index (κ3) is 4.62. The lowest BCUT2D eigenvalue weighted by Crippen LogP contribution is -2.06. The predicted octanol–water partition coefficient (Wildman–Crippen LogP) is 4.39. The number of allylic oxidation sites excluding steroid dienone is 1. The summed E-state index contributed by atoms with van der Waals surface area (Å²) in [6.07, 6.45) is 3.37. The molecule has 2 aromatic rings. The number of benzene rings is 2. The van der Waals surface area contributed by atoms with Gasteiger partial charge in [-0.25, -0.2) is 0 Å². The van der Waals surface area contributed by atoms with E-state index >= 15 is 0 Å². The van der Waals surface area contributed by atoms with Crippen LogP contribution in [0.5, 0.6) is 17.2 Å². The van der Waals surface area contributed by atoms with Gasteiger partial charge in [0.25, 0.3) is 0 Å². The zero-order valence-electron chi connectivity index (χ0n) is 14.4. The molecule has 0 fully saturated rings. The lowest BCUT2D eigenvalue weighted by molar-refractivity contribution is 0.104. The molecule has 24 heavy (non-hydrogen) atoms. The largest absolute Gasteiger partial charge is 0.497 e. The predicted molar refractivity (Wildman–Crippen MR) is 95.1 cm³/mol. The van der Waals surface area contributed by atoms with Crippen LogP contribution in [0.15, 0.2) is 48.5 Å². The van der Waals surface area contributed by atoms with Gasteiger partial charge in [0.2, 0.25) is 0 Å². The zero-order chi connectivity index (χ0) is 17.5. The number of carbonyl (C=O) groups excluding carboxylic acids is 1. The lowest BCUT2D eigenvalue weighted by Gasteiger charge is -2.13. The number of rotatable bonds is 7. The topological polar surface area (TPSA) is 44.8 Å². The van der Waals surface area contributed by atoms with Gasteiger partial charge in [-0.3, -0.25) is 4.79 Å². The van der Waals surface area contributed by atoms with Gasteiger partial charge in [-0.2, -0.15) is 0 Å². The number of ether oxygens (including phenoxy) is 3. The molecule has 0 saturated carbocycles. The van der Waals surface area contributed by atoms with E-state index < -0.39 is 0 Å². The molecule has 2 aromatic carbocycles. The van der Waals surface area contributed by atoms with Gasteiger partial charge in [-0.15, -0.1) is 0 Å². The van der Waals surface area contributed by atoms with Crippen molar-refractivity contribution in [3.8, 4) is 17.2 Å². The third-order valence-corrected chi connectivity index (χ3v) is 3.35. The van der Waals surface area contributed by atoms with E-state index in [0.717, 1.165) is 11.3 Å². The van der Waals surface area contributed by atoms with Crippen LogP contribution in [-0.2, 0) is 0 Å². The van der Waals surface area contributed by atoms with Gasteiger partial charge < -0.3 is 14.2 Å². The molecule has 0 amide bonds. The Bertz CT molecular complexity index is 715. The van der Waals surface area contributed by atoms with Crippen molar-refractivity contribution in [3.63, 3.8) is 0 Å². The Hall–Kier alpha value is -2.75. The minimum atomic E-state index is -0.0703. The summed E-state index contributed by atoms with van der Waals surface area (Å²) < 4.78 is 16.1. The summed E-state index contributed by atoms with van der Waals surface area (Å²) in [5, 5.41) is 0. The molecular formula is C20H22O4. The summed E-state index contributed by atoms with van der Waals surface area (Å²) in [6.45, 7) is 3.92. The first-order chi connectivity index (χ1) is 11.5. The van der Waals surface area contributed by atoms with E-state index in [-0.39, 0.29) is 11.9 Å². The smallest absolute Gasteiger partial charge is 0.185 e. The molecule has 0 atom stereocenters. The highest BCUT2D eigenvalue weighted by atomic mass is 16.5. The number of carbonyl (C=O) groups is 1. The van der Waals surface area contributed by atoms with Gasteiger partial charge in [0.15, 0.2) is 17.3 Å². The van der Waals surface area contributed by atoms with E-state index in [1.165, 1.54) is 0 Å². The van der Waals surface area contributed by atoms with Crippen LogP contribution in [0, 0.1) is 0 Å². The Kier molecular flexibility index (Phi) is 6.01. The van der Waals surface area contributed by atoms with E-state index in [4.69, 9.17) is 14.2 Å². The van der Waals surface area contributed by atoms with Gasteiger partial charge in [0, 0.05) is 5.56 Å². The Morgan fingerprint density at radius 3 is 2.25 bits per heavy atom. The number of hydrogen-bond acceptors (Lipinski definition) is 4. The summed E-state index contributed by atoms with van der Waals surface area (Å²) in [5.74, 6) is 1.98. The second kappa shape index (κ2) is 8.20. The van der Waals surface area contributed by atoms with E-state index in [0.29, 0.717) is 17.1 Å². The van der Waals surface area contributed by atoms with Crippen LogP contribution in [0.3, 0.4) is 0 Å². The van der Waals surface area contributed by atoms with Crippen LogP contribution < -0.4 is 14.2 Å². The molecule has 4 heteroatoms. The van der Waals surface area contributed by atoms with Gasteiger partial charge in [-0.1, -0.05) is 12.1 Å². The third-order valence-electron chi connectivity index (χ3n) is 3.35. The molecule has 4 nitrogen and oxygen atoms in total.